The van der Waals surface area contributed by atoms with E-state index in [0.29, 0.717) is 0 Å². The molecule has 11 heavy (non-hydrogen) atoms. The number of nitrogens with zero attached hydrogens (tertiary/aromatic N) is 2. The van der Waals surface area contributed by atoms with Gasteiger partial charge in [0.1, 0.15) is 0 Å². The van der Waals surface area contributed by atoms with Crippen LogP contribution in [-0.4, -0.2) is 10.2 Å². The van der Waals surface area contributed by atoms with Crippen molar-refractivity contribution in [1.29, 1.82) is 0 Å². The molecule has 1 aromatic rings. The van der Waals surface area contributed by atoms with Gasteiger partial charge in [-0.2, -0.15) is 13.2 Å². The highest BCUT2D eigenvalue weighted by Gasteiger charge is 2.32. The van der Waals surface area contributed by atoms with Gasteiger partial charge >= 0.3 is 6.18 Å². The summed E-state index contributed by atoms with van der Waals surface area (Å²) in [7, 11) is 0. The summed E-state index contributed by atoms with van der Waals surface area (Å²) in [6.07, 6.45) is -4.77. The molecular formula is C5H2ClF3N2. The molecule has 1 heterocycles. The second-order valence-electron chi connectivity index (χ2n) is 1.59. The molecule has 0 spiro atoms. The van der Waals surface area contributed by atoms with E-state index >= 15 is 0 Å². The van der Waals surface area contributed by atoms with Gasteiger partial charge in [0.05, 0.1) is 2.74 Å². The van der Waals surface area contributed by atoms with Gasteiger partial charge in [0.25, 0.3) is 0 Å². The average Bonchev–Trinajstić information content (AvgIpc) is 1.98. The van der Waals surface area contributed by atoms with Crippen LogP contribution in [0.3, 0.4) is 0 Å². The third-order valence-electron chi connectivity index (χ3n) is 0.790. The first-order valence-corrected chi connectivity index (χ1v) is 2.78. The topological polar surface area (TPSA) is 25.8 Å². The zero-order valence-corrected chi connectivity index (χ0v) is 5.66. The van der Waals surface area contributed by atoms with Crippen molar-refractivity contribution in [3.8, 4) is 0 Å². The highest BCUT2D eigenvalue weighted by atomic mass is 35.5. The normalized spacial score (nSPS) is 14.2. The summed E-state index contributed by atoms with van der Waals surface area (Å²) in [5.41, 5.74) is -1.50. The second-order valence-corrected chi connectivity index (χ2v) is 1.95. The number of hydrogen-bond acceptors (Lipinski definition) is 2. The van der Waals surface area contributed by atoms with Crippen LogP contribution in [0.25, 0.3) is 0 Å². The van der Waals surface area contributed by atoms with Crippen molar-refractivity contribution in [1.82, 2.24) is 10.2 Å². The highest BCUT2D eigenvalue weighted by Crippen LogP contribution is 2.26. The smallest absolute Gasteiger partial charge is 0.164 e. The fourth-order valence-electron chi connectivity index (χ4n) is 0.382. The third-order valence-corrected chi connectivity index (χ3v) is 0.960. The molecule has 0 aliphatic heterocycles. The first-order chi connectivity index (χ1) is 5.84. The van der Waals surface area contributed by atoms with Crippen molar-refractivity contribution in [3.05, 3.63) is 22.9 Å². The molecule has 0 aromatic carbocycles. The lowest BCUT2D eigenvalue weighted by Gasteiger charge is -2.02. The number of aromatic nitrogens is 2. The number of alkyl halides is 3. The van der Waals surface area contributed by atoms with Crippen LogP contribution in [0, 0.1) is 0 Å². The van der Waals surface area contributed by atoms with Crippen molar-refractivity contribution < 1.29 is 15.9 Å². The Labute approximate surface area is 67.8 Å². The lowest BCUT2D eigenvalue weighted by Crippen LogP contribution is -2.08. The Morgan fingerprint density at radius 1 is 1.36 bits per heavy atom. The first kappa shape index (κ1) is 5.77. The van der Waals surface area contributed by atoms with E-state index in [-0.39, 0.29) is 0 Å². The summed E-state index contributed by atoms with van der Waals surface area (Å²) in [6, 6.07) is -1.84. The van der Waals surface area contributed by atoms with Gasteiger partial charge in [-0.15, -0.1) is 10.2 Å². The lowest BCUT2D eigenvalue weighted by molar-refractivity contribution is -0.141. The molecule has 60 valence electrons. The van der Waals surface area contributed by atoms with Gasteiger partial charge in [0, 0.05) is 0 Å². The summed E-state index contributed by atoms with van der Waals surface area (Å²) in [6.45, 7) is 0. The van der Waals surface area contributed by atoms with E-state index in [0.717, 1.165) is 0 Å². The maximum atomic E-state index is 12.0. The maximum absolute atomic E-state index is 12.0. The fourth-order valence-corrected chi connectivity index (χ4v) is 0.467. The van der Waals surface area contributed by atoms with Crippen molar-refractivity contribution >= 4 is 11.6 Å². The van der Waals surface area contributed by atoms with E-state index < -0.39 is 29.1 Å². The molecule has 0 saturated heterocycles. The number of halogens is 4. The molecule has 0 aliphatic rings. The maximum Gasteiger partial charge on any atom is 0.435 e. The largest absolute Gasteiger partial charge is 0.435 e. The molecule has 2 nitrogen and oxygen atoms in total. The average molecular weight is 185 g/mol. The molecule has 6 heteroatoms. The van der Waals surface area contributed by atoms with Gasteiger partial charge in [0.15, 0.2) is 10.8 Å². The molecular weight excluding hydrogens is 181 g/mol. The fraction of sp³-hybridized carbons (Fsp3) is 0.200. The number of rotatable bonds is 0. The van der Waals surface area contributed by atoms with Crippen molar-refractivity contribution in [2.75, 3.05) is 0 Å². The van der Waals surface area contributed by atoms with Gasteiger partial charge in [-0.3, -0.25) is 0 Å². The zero-order valence-electron chi connectivity index (χ0n) is 6.91. The molecule has 0 radical (unpaired) electrons. The molecule has 0 N–H and O–H groups in total. The van der Waals surface area contributed by atoms with Gasteiger partial charge < -0.3 is 0 Å². The highest BCUT2D eigenvalue weighted by molar-refractivity contribution is 6.29. The van der Waals surface area contributed by atoms with Crippen molar-refractivity contribution in [3.63, 3.8) is 0 Å². The van der Waals surface area contributed by atoms with Crippen LogP contribution in [0.2, 0.25) is 5.15 Å². The van der Waals surface area contributed by atoms with Crippen LogP contribution < -0.4 is 0 Å². The summed E-state index contributed by atoms with van der Waals surface area (Å²) in [5.74, 6) is 0. The molecule has 0 fully saturated rings. The molecule has 0 atom stereocenters. The van der Waals surface area contributed by atoms with Crippen LogP contribution in [0.15, 0.2) is 12.1 Å². The Bertz CT molecular complexity index is 341. The predicted molar refractivity (Wildman–Crippen MR) is 32.0 cm³/mol. The van der Waals surface area contributed by atoms with Crippen LogP contribution >= 0.6 is 11.6 Å². The van der Waals surface area contributed by atoms with Crippen molar-refractivity contribution in [2.24, 2.45) is 0 Å². The molecule has 0 amide bonds. The van der Waals surface area contributed by atoms with Crippen LogP contribution in [0.5, 0.6) is 0 Å². The zero-order chi connectivity index (χ0) is 10.2. The van der Waals surface area contributed by atoms with E-state index in [1.54, 1.807) is 0 Å². The Morgan fingerprint density at radius 3 is 2.55 bits per heavy atom. The van der Waals surface area contributed by atoms with Crippen LogP contribution in [0.4, 0.5) is 13.2 Å². The minimum absolute atomic E-state index is 0.516. The van der Waals surface area contributed by atoms with Gasteiger partial charge in [-0.1, -0.05) is 11.6 Å². The van der Waals surface area contributed by atoms with Gasteiger partial charge in [-0.05, 0) is 12.1 Å². The number of hydrogen-bond donors (Lipinski definition) is 0. The first-order valence-electron chi connectivity index (χ1n) is 3.40. The Balaban J connectivity index is 3.35. The third kappa shape index (κ3) is 2.04. The van der Waals surface area contributed by atoms with E-state index in [1.165, 1.54) is 0 Å². The lowest BCUT2D eigenvalue weighted by atomic mass is 10.4. The van der Waals surface area contributed by atoms with Gasteiger partial charge in [-0.25, -0.2) is 0 Å². The second kappa shape index (κ2) is 2.65. The molecule has 0 unspecified atom stereocenters. The Morgan fingerprint density at radius 2 is 2.00 bits per heavy atom. The predicted octanol–water partition coefficient (Wildman–Crippen LogP) is 2.15. The van der Waals surface area contributed by atoms with Crippen LogP contribution in [0.1, 0.15) is 8.44 Å². The molecule has 0 saturated carbocycles. The standard InChI is InChI=1S/C5H2ClF3N2/c6-4-2-1-3(10-11-4)5(7,8)9/h1-2H/i1D,2D. The Kier molecular flexibility index (Phi) is 1.39. The van der Waals surface area contributed by atoms with Gasteiger partial charge in [0.2, 0.25) is 0 Å². The summed E-state index contributed by atoms with van der Waals surface area (Å²) in [5, 5.41) is 5.07. The minimum atomic E-state index is -4.77. The molecule has 0 bridgehead atoms. The summed E-state index contributed by atoms with van der Waals surface area (Å²) < 4.78 is 49.9. The van der Waals surface area contributed by atoms with Crippen molar-refractivity contribution in [2.45, 2.75) is 6.18 Å². The summed E-state index contributed by atoms with van der Waals surface area (Å²) >= 11 is 5.19. The van der Waals surface area contributed by atoms with Crippen LogP contribution in [-0.2, 0) is 6.18 Å². The SMILES string of the molecule is [2H]c1c(Cl)nnc(C(F)(F)F)c1[2H]. The molecule has 1 aromatic heterocycles. The minimum Gasteiger partial charge on any atom is -0.164 e. The quantitative estimate of drug-likeness (QED) is 0.618. The molecule has 1 rings (SSSR count). The summed E-state index contributed by atoms with van der Waals surface area (Å²) in [4.78, 5) is 0. The Hall–Kier alpha value is -0.840. The van der Waals surface area contributed by atoms with E-state index in [9.17, 15) is 13.2 Å². The van der Waals surface area contributed by atoms with E-state index in [1.807, 2.05) is 0 Å². The van der Waals surface area contributed by atoms with E-state index in [4.69, 9.17) is 14.3 Å². The molecule has 0 aliphatic carbocycles. The van der Waals surface area contributed by atoms with E-state index in [2.05, 4.69) is 10.2 Å². The monoisotopic (exact) mass is 184 g/mol.